The number of rotatable bonds is 32. The second kappa shape index (κ2) is 56.2. The zero-order valence-electron chi connectivity index (χ0n) is 65.8. The van der Waals surface area contributed by atoms with Gasteiger partial charge in [0.2, 0.25) is 17.7 Å². The lowest BCUT2D eigenvalue weighted by Crippen LogP contribution is -2.30. The summed E-state index contributed by atoms with van der Waals surface area (Å²) in [5, 5.41) is 2.63. The lowest BCUT2D eigenvalue weighted by Gasteiger charge is -2.27. The van der Waals surface area contributed by atoms with Crippen LogP contribution in [0.5, 0.6) is 23.0 Å². The third-order valence-corrected chi connectivity index (χ3v) is 26.8. The van der Waals surface area contributed by atoms with Gasteiger partial charge < -0.3 is 89.8 Å². The van der Waals surface area contributed by atoms with Crippen molar-refractivity contribution in [2.45, 2.75) is 34.6 Å². The first-order valence-electron chi connectivity index (χ1n) is 33.3. The molecular weight excluding hydrogens is 2940 g/mol. The molecule has 0 fully saturated rings. The smallest absolute Gasteiger partial charge is 0.341 e. The quantitative estimate of drug-likeness (QED) is 0.0103. The van der Waals surface area contributed by atoms with Crippen molar-refractivity contribution in [3.05, 3.63) is 160 Å². The molecule has 0 saturated heterocycles. The van der Waals surface area contributed by atoms with Crippen LogP contribution in [0.15, 0.2) is 91.2 Å². The first kappa shape index (κ1) is 120. The van der Waals surface area contributed by atoms with Crippen LogP contribution in [-0.2, 0) is 108 Å². The van der Waals surface area contributed by atoms with Gasteiger partial charge in [-0.1, -0.05) is 6.58 Å². The van der Waals surface area contributed by atoms with Crippen molar-refractivity contribution in [3.63, 3.8) is 0 Å². The molecule has 0 unspecified atom stereocenters. The number of halogens is 10. The van der Waals surface area contributed by atoms with Gasteiger partial charge in [0.1, 0.15) is 73.8 Å². The molecule has 0 saturated carbocycles. The number of hydrogen-bond donors (Lipinski definition) is 1. The predicted molar refractivity (Wildman–Crippen MR) is 527 cm³/mol. The molecule has 0 spiro atoms. The summed E-state index contributed by atoms with van der Waals surface area (Å²) >= 11 is 19.7. The van der Waals surface area contributed by atoms with Crippen molar-refractivity contribution in [3.8, 4) is 23.0 Å². The maximum absolute atomic E-state index is 12.6. The number of benzene rings is 6. The monoisotopic (exact) mass is 3010 g/mol. The summed E-state index contributed by atoms with van der Waals surface area (Å²) in [5.41, 5.74) is 2.25. The van der Waals surface area contributed by atoms with Crippen LogP contribution >= 0.6 is 226 Å². The molecule has 6 rings (SSSR count). The zero-order valence-corrected chi connectivity index (χ0v) is 92.3. The van der Waals surface area contributed by atoms with Crippen molar-refractivity contribution < 1.29 is 173 Å². The fraction of sp³-hybridized carbons (Fsp3) is 0.304. The van der Waals surface area contributed by atoms with Crippen LogP contribution in [0.25, 0.3) is 0 Å². The number of ether oxygens (including phenoxy) is 10. The first-order chi connectivity index (χ1) is 57.8. The Morgan fingerprint density at radius 3 is 1.00 bits per heavy atom. The maximum atomic E-state index is 12.6. The minimum atomic E-state index is -4.53. The Labute approximate surface area is 859 Å². The summed E-state index contributed by atoms with van der Waals surface area (Å²) in [6, 6.07) is 20.3. The van der Waals surface area contributed by atoms with E-state index in [9.17, 15) is 126 Å². The van der Waals surface area contributed by atoms with E-state index >= 15 is 0 Å². The topological polar surface area (TPSA) is 625 Å². The Morgan fingerprint density at radius 2 is 0.675 bits per heavy atom. The number of esters is 7. The van der Waals surface area contributed by atoms with Crippen molar-refractivity contribution in [1.29, 1.82) is 0 Å². The van der Waals surface area contributed by atoms with Gasteiger partial charge in [0, 0.05) is 56.1 Å². The molecule has 0 aromatic heterocycles. The third-order valence-electron chi connectivity index (χ3n) is 13.8. The molecule has 0 radical (unpaired) electrons. The second-order valence-electron chi connectivity index (χ2n) is 23.5. The molecular formula is C69H67I10N3O38S6-6. The number of anilines is 3. The van der Waals surface area contributed by atoms with Gasteiger partial charge in [0.25, 0.3) is 0 Å². The van der Waals surface area contributed by atoms with Crippen molar-refractivity contribution in [2.75, 3.05) is 118 Å². The van der Waals surface area contributed by atoms with Crippen LogP contribution in [0.4, 0.5) is 17.1 Å². The van der Waals surface area contributed by atoms with Gasteiger partial charge in [0.15, 0.2) is 0 Å². The molecule has 0 aliphatic carbocycles. The van der Waals surface area contributed by atoms with Gasteiger partial charge in [-0.3, -0.25) is 19.2 Å². The van der Waals surface area contributed by atoms with Gasteiger partial charge in [-0.25, -0.2) is 79.3 Å². The van der Waals surface area contributed by atoms with E-state index in [0.29, 0.717) is 55.7 Å². The van der Waals surface area contributed by atoms with Gasteiger partial charge in [-0.05, 0) is 312 Å². The zero-order chi connectivity index (χ0) is 97.2. The van der Waals surface area contributed by atoms with Crippen LogP contribution in [0.2, 0.25) is 0 Å². The summed E-state index contributed by atoms with van der Waals surface area (Å²) in [6.45, 7) is 7.41. The average Bonchev–Trinajstić information content (AvgIpc) is 0.757. The van der Waals surface area contributed by atoms with Crippen molar-refractivity contribution in [1.82, 2.24) is 0 Å². The molecule has 3 amide bonds. The highest BCUT2D eigenvalue weighted by Crippen LogP contribution is 2.43. The number of amides is 3. The summed E-state index contributed by atoms with van der Waals surface area (Å²) in [4.78, 5) is 120. The van der Waals surface area contributed by atoms with E-state index < -0.39 is 177 Å². The van der Waals surface area contributed by atoms with E-state index in [4.69, 9.17) is 33.2 Å². The lowest BCUT2D eigenvalue weighted by molar-refractivity contribution is -0.132. The van der Waals surface area contributed by atoms with Crippen LogP contribution in [0.3, 0.4) is 0 Å². The first-order valence-corrected chi connectivity index (χ1v) is 53.6. The van der Waals surface area contributed by atoms with Crippen molar-refractivity contribution >= 4 is 363 Å². The molecule has 41 nitrogen and oxygen atoms in total. The third kappa shape index (κ3) is 47.0. The number of hydrogen-bond acceptors (Lipinski definition) is 38. The highest BCUT2D eigenvalue weighted by Gasteiger charge is 2.31. The minimum Gasteiger partial charge on any atom is -0.748 e. The van der Waals surface area contributed by atoms with Gasteiger partial charge >= 0.3 is 41.8 Å². The summed E-state index contributed by atoms with van der Waals surface area (Å²) in [7, 11) is -20.6. The average molecular weight is 3010 g/mol. The predicted octanol–water partition coefficient (Wildman–Crippen LogP) is 9.16. The van der Waals surface area contributed by atoms with E-state index in [1.54, 1.807) is 49.4 Å². The normalized spacial score (nSPS) is 11.1. The number of allylic oxidation sites excluding steroid dienone is 1. The Bertz CT molecular complexity index is 5730. The Hall–Kier alpha value is -4.08. The number of methoxy groups -OCH3 is 2. The molecule has 0 aliphatic rings. The van der Waals surface area contributed by atoms with Gasteiger partial charge in [-0.2, -0.15) is 0 Å². The minimum absolute atomic E-state index is 0.0797. The van der Waals surface area contributed by atoms with Crippen LogP contribution in [-0.4, -0.2) is 240 Å². The summed E-state index contributed by atoms with van der Waals surface area (Å²) in [6.07, 6.45) is 0. The number of nitrogens with one attached hydrogen (secondary N) is 1. The molecule has 6 aromatic rings. The number of carbonyl (C=O) groups excluding carboxylic acids is 10. The molecule has 57 heteroatoms. The van der Waals surface area contributed by atoms with Gasteiger partial charge in [0.05, 0.1) is 176 Å². The standard InChI is InChI=1S/C15H17I3N2O7S.C12H13IO6S.C11H10I3NO6S.C11H11IO7S.2C10H11IO6S/c1-7(21)19(3)13-10(16)9(15(23)27-5-6-28(24,25)26)11(17)14(12(13)18)20(4)8(2)22;1-8(2)19-11-7-9(13)3-4-10(11)12(14)18-5-6-20(15,16)17;1-5(16)15-10-7(13)4-6(12)8(9(10)14)11(17)21-2-3-22(18,19)20;1-7(13)19-10-6-8(2-3-9(10)12)11(14)18-4-5-20(15,16)17;1-16-9-6-7(11)2-3-8(9)10(12)17-4-5-18(13,14)15;1-16-9-6-7(2-3-8(9)11)10(12)17-4-5-18(13,14)15/h5-6H2,1-4H3,(H,24,25,26);3-4,7H,1,5-6H2,2H3,(H,15,16,17);4H,2-3H2,1H3,(H,15,16)(H,18,19,20);2-3,6H,4-5H2,1H3,(H,15,16,17);2*2-3,6H,4-5H2,1H3,(H,13,14,15)/p-6. The Morgan fingerprint density at radius 1 is 0.357 bits per heavy atom. The van der Waals surface area contributed by atoms with Crippen molar-refractivity contribution in [2.24, 2.45) is 0 Å². The molecule has 1 N–H and O–H groups in total. The molecule has 0 heterocycles. The second-order valence-corrected chi connectivity index (χ2v) is 44.1. The SMILES string of the molecule is C=C(C)Oc1cc(I)ccc1C(=O)OCCS(=O)(=O)[O-].CC(=O)N(C)c1c(I)c(C(=O)OCCS(=O)(=O)[O-])c(I)c(N(C)C(C)=O)c1I.CC(=O)Nc1c(I)cc(I)c(C(=O)OCCS(=O)(=O)[O-])c1I.CC(=O)Oc1cc(C(=O)OCCS(=O)(=O)[O-])ccc1I.COc1cc(C(=O)OCCS(=O)(=O)[O-])ccc1I.COc1cc(I)ccc1C(=O)OCCS(=O)(=O)[O-]. The Kier molecular flexibility index (Phi) is 53.5. The number of carbonyl (C=O) groups is 10. The Balaban J connectivity index is 0.000000761. The molecule has 126 heavy (non-hydrogen) atoms. The van der Waals surface area contributed by atoms with Gasteiger partial charge in [-0.15, -0.1) is 0 Å². The molecule has 698 valence electrons. The molecule has 6 aromatic carbocycles. The highest BCUT2D eigenvalue weighted by atomic mass is 127. The summed E-state index contributed by atoms with van der Waals surface area (Å²) < 4.78 is 243. The van der Waals surface area contributed by atoms with Crippen LogP contribution in [0, 0.1) is 35.7 Å². The largest absolute Gasteiger partial charge is 0.748 e. The van der Waals surface area contributed by atoms with Crippen LogP contribution < -0.4 is 34.1 Å². The fourth-order valence-electron chi connectivity index (χ4n) is 8.09. The summed E-state index contributed by atoms with van der Waals surface area (Å²) in [5.74, 6) is -8.97. The molecule has 0 atom stereocenters. The molecule has 0 aliphatic heterocycles. The van der Waals surface area contributed by atoms with Crippen LogP contribution in [0.1, 0.15) is 96.8 Å². The lowest BCUT2D eigenvalue weighted by atomic mass is 10.1. The maximum Gasteiger partial charge on any atom is 0.341 e. The van der Waals surface area contributed by atoms with E-state index in [-0.39, 0.29) is 62.6 Å². The van der Waals surface area contributed by atoms with E-state index in [1.807, 2.05) is 203 Å². The van der Waals surface area contributed by atoms with E-state index in [1.165, 1.54) is 102 Å². The van der Waals surface area contributed by atoms with E-state index in [0.717, 1.165) is 14.3 Å². The fourth-order valence-corrected chi connectivity index (χ4v) is 20.9. The highest BCUT2D eigenvalue weighted by molar-refractivity contribution is 14.1. The number of nitrogens with zero attached hydrogens (tertiary/aromatic N) is 2. The van der Waals surface area contributed by atoms with E-state index in [2.05, 4.69) is 48.7 Å². The molecule has 0 bridgehead atoms.